The minimum atomic E-state index is -0.807. The van der Waals surface area contributed by atoms with Crippen molar-refractivity contribution in [3.63, 3.8) is 0 Å². The van der Waals surface area contributed by atoms with Crippen molar-refractivity contribution in [2.45, 2.75) is 57.3 Å². The van der Waals surface area contributed by atoms with Gasteiger partial charge < -0.3 is 24.2 Å². The van der Waals surface area contributed by atoms with E-state index >= 15 is 0 Å². The number of epoxide rings is 1. The highest BCUT2D eigenvalue weighted by atomic mass is 19.1. The highest BCUT2D eigenvalue weighted by Gasteiger charge is 2.63. The predicted molar refractivity (Wildman–Crippen MR) is 111 cm³/mol. The Balaban J connectivity index is 1.38. The molecule has 4 unspecified atom stereocenters. The molecule has 174 valence electrons. The molecule has 1 aromatic rings. The molecular weight excluding hydrogens is 424 g/mol. The van der Waals surface area contributed by atoms with E-state index in [0.717, 1.165) is 18.6 Å². The summed E-state index contributed by atoms with van der Waals surface area (Å²) in [5.41, 5.74) is 0.182. The van der Waals surface area contributed by atoms with Crippen LogP contribution in [0.25, 0.3) is 0 Å². The van der Waals surface area contributed by atoms with Gasteiger partial charge in [0.15, 0.2) is 24.0 Å². The lowest BCUT2D eigenvalue weighted by atomic mass is 9.74. The van der Waals surface area contributed by atoms with Crippen LogP contribution in [-0.2, 0) is 19.1 Å². The molecule has 4 atom stereocenters. The molecule has 7 nitrogen and oxygen atoms in total. The molecule has 1 N–H and O–H groups in total. The van der Waals surface area contributed by atoms with Crippen LogP contribution in [-0.4, -0.2) is 54.2 Å². The van der Waals surface area contributed by atoms with Crippen LogP contribution in [0.1, 0.15) is 39.5 Å². The number of ether oxygens (including phenoxy) is 3. The van der Waals surface area contributed by atoms with Gasteiger partial charge in [-0.25, -0.2) is 8.78 Å². The molecule has 1 aromatic carbocycles. The first kappa shape index (κ1) is 22.7. The Morgan fingerprint density at radius 2 is 2.19 bits per heavy atom. The average molecular weight is 451 g/mol. The Kier molecular flexibility index (Phi) is 6.48. The number of aliphatic hydroxyl groups excluding tert-OH is 1. The zero-order chi connectivity index (χ0) is 22.9. The Morgan fingerprint density at radius 1 is 1.38 bits per heavy atom. The molecule has 4 rings (SSSR count). The first-order valence-electron chi connectivity index (χ1n) is 10.9. The molecule has 0 saturated carbocycles. The van der Waals surface area contributed by atoms with E-state index < -0.39 is 17.7 Å². The quantitative estimate of drug-likeness (QED) is 0.367. The summed E-state index contributed by atoms with van der Waals surface area (Å²) in [7, 11) is 0. The largest absolute Gasteiger partial charge is 0.511 e. The van der Waals surface area contributed by atoms with Gasteiger partial charge in [0, 0.05) is 37.9 Å². The summed E-state index contributed by atoms with van der Waals surface area (Å²) in [5.74, 6) is -1.85. The van der Waals surface area contributed by atoms with Gasteiger partial charge in [0.25, 0.3) is 0 Å². The molecular formula is C23H27F2NO6. The summed E-state index contributed by atoms with van der Waals surface area (Å²) in [6, 6.07) is 3.04. The summed E-state index contributed by atoms with van der Waals surface area (Å²) in [6.45, 7) is 4.56. The second-order valence-electron chi connectivity index (χ2n) is 8.43. The first-order valence-corrected chi connectivity index (χ1v) is 10.9. The van der Waals surface area contributed by atoms with Gasteiger partial charge in [0.1, 0.15) is 29.4 Å². The molecule has 2 aliphatic heterocycles. The number of aliphatic hydroxyl groups is 1. The van der Waals surface area contributed by atoms with Crippen molar-refractivity contribution in [1.29, 1.82) is 0 Å². The number of oxime groups is 1. The fraction of sp³-hybridized carbons (Fsp3) is 0.565. The molecule has 0 radical (unpaired) electrons. The molecule has 1 aliphatic carbocycles. The van der Waals surface area contributed by atoms with Crippen LogP contribution in [0.3, 0.4) is 0 Å². The van der Waals surface area contributed by atoms with Crippen molar-refractivity contribution in [3.05, 3.63) is 41.2 Å². The third kappa shape index (κ3) is 4.49. The Labute approximate surface area is 185 Å². The minimum Gasteiger partial charge on any atom is -0.511 e. The maximum atomic E-state index is 13.7. The maximum Gasteiger partial charge on any atom is 0.168 e. The van der Waals surface area contributed by atoms with E-state index in [4.69, 9.17) is 19.0 Å². The van der Waals surface area contributed by atoms with Crippen LogP contribution in [0, 0.1) is 17.6 Å². The van der Waals surface area contributed by atoms with Crippen molar-refractivity contribution in [1.82, 2.24) is 0 Å². The number of hydrogen-bond donors (Lipinski definition) is 1. The summed E-state index contributed by atoms with van der Waals surface area (Å²) in [6.07, 6.45) is 1.15. The third-order valence-electron chi connectivity index (χ3n) is 6.22. The monoisotopic (exact) mass is 451 g/mol. The predicted octanol–water partition coefficient (Wildman–Crippen LogP) is 3.86. The number of rotatable bonds is 8. The molecule has 0 aromatic heterocycles. The number of nitrogens with zero attached hydrogens (tertiary/aromatic N) is 1. The van der Waals surface area contributed by atoms with E-state index in [1.54, 1.807) is 6.92 Å². The summed E-state index contributed by atoms with van der Waals surface area (Å²) in [4.78, 5) is 18.2. The summed E-state index contributed by atoms with van der Waals surface area (Å²) < 4.78 is 43.4. The normalized spacial score (nSPS) is 28.9. The topological polar surface area (TPSA) is 89.9 Å². The van der Waals surface area contributed by atoms with Gasteiger partial charge in [0.2, 0.25) is 0 Å². The fourth-order valence-electron chi connectivity index (χ4n) is 4.51. The second kappa shape index (κ2) is 9.15. The number of carbonyl (C=O) groups excluding carboxylic acids is 1. The van der Waals surface area contributed by atoms with E-state index in [1.807, 2.05) is 6.92 Å². The number of hydrogen-bond acceptors (Lipinski definition) is 7. The Bertz CT molecular complexity index is 948. The van der Waals surface area contributed by atoms with E-state index in [9.17, 15) is 18.7 Å². The third-order valence-corrected chi connectivity index (χ3v) is 6.22. The number of halogens is 2. The van der Waals surface area contributed by atoms with Crippen LogP contribution in [0.2, 0.25) is 0 Å². The van der Waals surface area contributed by atoms with Crippen LogP contribution in [0.15, 0.2) is 34.7 Å². The Morgan fingerprint density at radius 3 is 2.88 bits per heavy atom. The van der Waals surface area contributed by atoms with Crippen molar-refractivity contribution in [3.8, 4) is 5.75 Å². The van der Waals surface area contributed by atoms with Crippen LogP contribution >= 0.6 is 0 Å². The van der Waals surface area contributed by atoms with Crippen LogP contribution in [0.5, 0.6) is 5.75 Å². The van der Waals surface area contributed by atoms with Gasteiger partial charge in [-0.3, -0.25) is 4.79 Å². The van der Waals surface area contributed by atoms with Gasteiger partial charge in [-0.1, -0.05) is 12.1 Å². The molecule has 9 heteroatoms. The maximum absolute atomic E-state index is 13.7. The summed E-state index contributed by atoms with van der Waals surface area (Å²) in [5, 5.41) is 14.7. The molecule has 2 saturated heterocycles. The van der Waals surface area contributed by atoms with Gasteiger partial charge >= 0.3 is 0 Å². The van der Waals surface area contributed by atoms with Gasteiger partial charge in [-0.05, 0) is 25.5 Å². The van der Waals surface area contributed by atoms with E-state index in [2.05, 4.69) is 5.16 Å². The standard InChI is InChI=1S/C23H27F2NO6/c1-3-17(26-30-11-13(2)31-20-5-4-15(24)10-16(20)25)22-18(27)8-14(9-19(22)28)23-6-7-29-12-21(23)32-23/h4-5,10,13-14,21,27H,3,6-9,11-12H2,1-2H3. The number of Topliss-reactive ketones (excluding diaryl/α,β-unsaturated/α-hetero) is 1. The average Bonchev–Trinajstić information content (AvgIpc) is 3.50. The number of ketones is 1. The first-order chi connectivity index (χ1) is 15.3. The SMILES string of the molecule is CCC(=NOCC(C)Oc1ccc(F)cc1F)C1=C(O)CC(C23CCOCC2O3)CC1=O. The van der Waals surface area contributed by atoms with Crippen LogP contribution < -0.4 is 4.74 Å². The number of benzene rings is 1. The van der Waals surface area contributed by atoms with E-state index in [-0.39, 0.29) is 53.5 Å². The lowest BCUT2D eigenvalue weighted by Crippen LogP contribution is -2.38. The Hall–Kier alpha value is -2.52. The zero-order valence-electron chi connectivity index (χ0n) is 18.1. The van der Waals surface area contributed by atoms with Crippen molar-refractivity contribution < 1.29 is 37.7 Å². The lowest BCUT2D eigenvalue weighted by molar-refractivity contribution is -0.117. The molecule has 0 bridgehead atoms. The smallest absolute Gasteiger partial charge is 0.168 e. The lowest BCUT2D eigenvalue weighted by Gasteiger charge is -2.30. The van der Waals surface area contributed by atoms with E-state index in [0.29, 0.717) is 31.8 Å². The molecule has 0 amide bonds. The molecule has 32 heavy (non-hydrogen) atoms. The minimum absolute atomic E-state index is 0.00141. The molecule has 2 heterocycles. The number of carbonyl (C=O) groups is 1. The number of allylic oxidation sites excluding steroid dienone is 2. The van der Waals surface area contributed by atoms with Gasteiger partial charge in [-0.2, -0.15) is 0 Å². The van der Waals surface area contributed by atoms with Crippen molar-refractivity contribution >= 4 is 11.5 Å². The highest BCUT2D eigenvalue weighted by Crippen LogP contribution is 2.53. The van der Waals surface area contributed by atoms with Crippen LogP contribution in [0.4, 0.5) is 8.78 Å². The van der Waals surface area contributed by atoms with E-state index in [1.165, 1.54) is 6.07 Å². The zero-order valence-corrected chi connectivity index (χ0v) is 18.1. The molecule has 2 fully saturated rings. The fourth-order valence-corrected chi connectivity index (χ4v) is 4.51. The summed E-state index contributed by atoms with van der Waals surface area (Å²) >= 11 is 0. The number of fused-ring (bicyclic) bond motifs is 1. The van der Waals surface area contributed by atoms with Gasteiger partial charge in [0.05, 0.1) is 17.9 Å². The van der Waals surface area contributed by atoms with Crippen molar-refractivity contribution in [2.75, 3.05) is 19.8 Å². The second-order valence-corrected chi connectivity index (χ2v) is 8.43. The highest BCUT2D eigenvalue weighted by molar-refractivity contribution is 6.23. The molecule has 0 spiro atoms. The van der Waals surface area contributed by atoms with Gasteiger partial charge in [-0.15, -0.1) is 0 Å². The van der Waals surface area contributed by atoms with Crippen molar-refractivity contribution in [2.24, 2.45) is 11.1 Å². The molecule has 3 aliphatic rings.